The maximum absolute atomic E-state index is 8.84. The summed E-state index contributed by atoms with van der Waals surface area (Å²) >= 11 is 0. The Balaban J connectivity index is 1.72. The van der Waals surface area contributed by atoms with E-state index in [0.717, 1.165) is 52.4 Å². The minimum Gasteiger partial charge on any atom is -0.395 e. The lowest BCUT2D eigenvalue weighted by Gasteiger charge is -2.40. The number of hydrogen-bond acceptors (Lipinski definition) is 5. The Kier molecular flexibility index (Phi) is 4.34. The highest BCUT2D eigenvalue weighted by atomic mass is 16.5. The van der Waals surface area contributed by atoms with Crippen LogP contribution in [0.2, 0.25) is 0 Å². The molecule has 0 amide bonds. The summed E-state index contributed by atoms with van der Waals surface area (Å²) in [6.07, 6.45) is 0.259. The summed E-state index contributed by atoms with van der Waals surface area (Å²) in [5.74, 6) is 0. The molecule has 0 bridgehead atoms. The van der Waals surface area contributed by atoms with Crippen LogP contribution in [-0.2, 0) is 4.74 Å². The number of ether oxygens (including phenoxy) is 1. The SMILES string of the molecule is OCCN1CCN(C2CNCCO2)CC1. The van der Waals surface area contributed by atoms with Gasteiger partial charge in [-0.25, -0.2) is 0 Å². The van der Waals surface area contributed by atoms with E-state index in [0.29, 0.717) is 0 Å². The van der Waals surface area contributed by atoms with Gasteiger partial charge in [-0.05, 0) is 0 Å². The summed E-state index contributed by atoms with van der Waals surface area (Å²) < 4.78 is 5.71. The molecule has 0 aromatic heterocycles. The van der Waals surface area contributed by atoms with Crippen LogP contribution in [0.3, 0.4) is 0 Å². The van der Waals surface area contributed by atoms with Crippen molar-refractivity contribution in [2.45, 2.75) is 6.23 Å². The van der Waals surface area contributed by atoms with Crippen molar-refractivity contribution >= 4 is 0 Å². The molecular weight excluding hydrogens is 194 g/mol. The van der Waals surface area contributed by atoms with Crippen LogP contribution in [0.4, 0.5) is 0 Å². The van der Waals surface area contributed by atoms with Crippen molar-refractivity contribution in [1.82, 2.24) is 15.1 Å². The van der Waals surface area contributed by atoms with Crippen molar-refractivity contribution < 1.29 is 9.84 Å². The maximum Gasteiger partial charge on any atom is 0.123 e. The van der Waals surface area contributed by atoms with Crippen molar-refractivity contribution in [3.8, 4) is 0 Å². The van der Waals surface area contributed by atoms with Crippen LogP contribution >= 0.6 is 0 Å². The third-order valence-electron chi connectivity index (χ3n) is 3.14. The fourth-order valence-corrected chi connectivity index (χ4v) is 2.20. The molecule has 1 atom stereocenters. The first-order chi connectivity index (χ1) is 7.40. The van der Waals surface area contributed by atoms with Gasteiger partial charge >= 0.3 is 0 Å². The summed E-state index contributed by atoms with van der Waals surface area (Å²) in [5, 5.41) is 12.2. The largest absolute Gasteiger partial charge is 0.395 e. The molecule has 5 heteroatoms. The van der Waals surface area contributed by atoms with E-state index in [1.54, 1.807) is 0 Å². The summed E-state index contributed by atoms with van der Waals surface area (Å²) in [6, 6.07) is 0. The first-order valence-corrected chi connectivity index (χ1v) is 5.80. The van der Waals surface area contributed by atoms with E-state index < -0.39 is 0 Å². The molecule has 0 aromatic carbocycles. The molecule has 2 saturated heterocycles. The van der Waals surface area contributed by atoms with Crippen LogP contribution in [0.15, 0.2) is 0 Å². The van der Waals surface area contributed by atoms with Gasteiger partial charge in [-0.3, -0.25) is 9.80 Å². The Bertz CT molecular complexity index is 178. The quantitative estimate of drug-likeness (QED) is 0.603. The highest BCUT2D eigenvalue weighted by Gasteiger charge is 2.25. The summed E-state index contributed by atoms with van der Waals surface area (Å²) in [4.78, 5) is 4.69. The average molecular weight is 215 g/mol. The molecule has 2 aliphatic rings. The topological polar surface area (TPSA) is 48.0 Å². The van der Waals surface area contributed by atoms with Gasteiger partial charge in [-0.1, -0.05) is 0 Å². The highest BCUT2D eigenvalue weighted by Crippen LogP contribution is 2.08. The van der Waals surface area contributed by atoms with Gasteiger partial charge in [0.25, 0.3) is 0 Å². The molecule has 88 valence electrons. The van der Waals surface area contributed by atoms with Crippen LogP contribution in [0.25, 0.3) is 0 Å². The predicted molar refractivity (Wildman–Crippen MR) is 57.7 cm³/mol. The molecule has 0 spiro atoms. The summed E-state index contributed by atoms with van der Waals surface area (Å²) in [5.41, 5.74) is 0. The lowest BCUT2D eigenvalue weighted by Crippen LogP contribution is -2.56. The molecule has 1 unspecified atom stereocenters. The van der Waals surface area contributed by atoms with Gasteiger partial charge in [0.2, 0.25) is 0 Å². The summed E-state index contributed by atoms with van der Waals surface area (Å²) in [6.45, 7) is 7.99. The minimum absolute atomic E-state index is 0.259. The standard InChI is InChI=1S/C10H21N3O2/c14-7-6-12-2-4-13(5-3-12)10-9-11-1-8-15-10/h10-11,14H,1-9H2. The van der Waals surface area contributed by atoms with Gasteiger partial charge in [0, 0.05) is 45.8 Å². The van der Waals surface area contributed by atoms with E-state index in [2.05, 4.69) is 15.1 Å². The Morgan fingerprint density at radius 2 is 2.07 bits per heavy atom. The second kappa shape index (κ2) is 5.77. The van der Waals surface area contributed by atoms with Gasteiger partial charge in [0.1, 0.15) is 6.23 Å². The number of piperazine rings is 1. The van der Waals surface area contributed by atoms with Gasteiger partial charge < -0.3 is 15.2 Å². The normalized spacial score (nSPS) is 30.6. The second-order valence-corrected chi connectivity index (χ2v) is 4.13. The van der Waals surface area contributed by atoms with Crippen LogP contribution in [0.5, 0.6) is 0 Å². The minimum atomic E-state index is 0.259. The fourth-order valence-electron chi connectivity index (χ4n) is 2.20. The van der Waals surface area contributed by atoms with Gasteiger partial charge in [-0.2, -0.15) is 0 Å². The molecule has 2 heterocycles. The van der Waals surface area contributed by atoms with Crippen molar-refractivity contribution in [2.24, 2.45) is 0 Å². The van der Waals surface area contributed by atoms with Crippen LogP contribution in [0.1, 0.15) is 0 Å². The Labute approximate surface area is 91.0 Å². The molecule has 0 aliphatic carbocycles. The molecule has 15 heavy (non-hydrogen) atoms. The molecule has 2 N–H and O–H groups in total. The molecule has 0 saturated carbocycles. The number of rotatable bonds is 3. The lowest BCUT2D eigenvalue weighted by atomic mass is 10.3. The van der Waals surface area contributed by atoms with E-state index in [1.165, 1.54) is 0 Å². The second-order valence-electron chi connectivity index (χ2n) is 4.13. The molecule has 2 rings (SSSR count). The average Bonchev–Trinajstić information content (AvgIpc) is 2.32. The third-order valence-corrected chi connectivity index (χ3v) is 3.14. The summed E-state index contributed by atoms with van der Waals surface area (Å²) in [7, 11) is 0. The first kappa shape index (κ1) is 11.3. The highest BCUT2D eigenvalue weighted by molar-refractivity contribution is 4.76. The van der Waals surface area contributed by atoms with E-state index in [1.807, 2.05) is 0 Å². The van der Waals surface area contributed by atoms with E-state index >= 15 is 0 Å². The third kappa shape index (κ3) is 3.12. The molecular formula is C10H21N3O2. The maximum atomic E-state index is 8.84. The monoisotopic (exact) mass is 215 g/mol. The number of aliphatic hydroxyl groups is 1. The zero-order valence-electron chi connectivity index (χ0n) is 9.19. The number of aliphatic hydroxyl groups excluding tert-OH is 1. The molecule has 2 fully saturated rings. The molecule has 0 aromatic rings. The first-order valence-electron chi connectivity index (χ1n) is 5.80. The van der Waals surface area contributed by atoms with Crippen LogP contribution in [0, 0.1) is 0 Å². The van der Waals surface area contributed by atoms with Gasteiger partial charge in [-0.15, -0.1) is 0 Å². The van der Waals surface area contributed by atoms with Crippen molar-refractivity contribution in [2.75, 3.05) is 59.0 Å². The zero-order valence-corrected chi connectivity index (χ0v) is 9.19. The number of hydrogen-bond donors (Lipinski definition) is 2. The number of morpholine rings is 1. The van der Waals surface area contributed by atoms with Crippen molar-refractivity contribution in [3.05, 3.63) is 0 Å². The number of nitrogens with one attached hydrogen (secondary N) is 1. The number of β-amino-alcohol motifs (C(OH)–C–C–N with tert-alkyl or cyclic N) is 1. The van der Waals surface area contributed by atoms with Crippen LogP contribution in [-0.4, -0.2) is 80.2 Å². The smallest absolute Gasteiger partial charge is 0.123 e. The van der Waals surface area contributed by atoms with E-state index in [9.17, 15) is 0 Å². The van der Waals surface area contributed by atoms with Crippen molar-refractivity contribution in [3.63, 3.8) is 0 Å². The Morgan fingerprint density at radius 3 is 2.67 bits per heavy atom. The number of nitrogens with zero attached hydrogens (tertiary/aromatic N) is 2. The van der Waals surface area contributed by atoms with Crippen LogP contribution < -0.4 is 5.32 Å². The van der Waals surface area contributed by atoms with E-state index in [4.69, 9.17) is 9.84 Å². The lowest BCUT2D eigenvalue weighted by molar-refractivity contribution is -0.0899. The Hall–Kier alpha value is -0.200. The Morgan fingerprint density at radius 1 is 1.27 bits per heavy atom. The van der Waals surface area contributed by atoms with Crippen molar-refractivity contribution in [1.29, 1.82) is 0 Å². The predicted octanol–water partition coefficient (Wildman–Crippen LogP) is -1.46. The molecule has 2 aliphatic heterocycles. The van der Waals surface area contributed by atoms with Gasteiger partial charge in [0.05, 0.1) is 13.2 Å². The fraction of sp³-hybridized carbons (Fsp3) is 1.00. The molecule has 5 nitrogen and oxygen atoms in total. The molecule has 0 radical (unpaired) electrons. The van der Waals surface area contributed by atoms with Gasteiger partial charge in [0.15, 0.2) is 0 Å². The zero-order chi connectivity index (χ0) is 10.5. The van der Waals surface area contributed by atoms with E-state index in [-0.39, 0.29) is 12.8 Å².